The molecule has 0 aliphatic heterocycles. The van der Waals surface area contributed by atoms with Crippen LogP contribution in [0, 0.1) is 0 Å². The Morgan fingerprint density at radius 3 is 2.73 bits per heavy atom. The third-order valence-corrected chi connectivity index (χ3v) is 1.34. The lowest BCUT2D eigenvalue weighted by Gasteiger charge is -2.03. The molecule has 11 heavy (non-hydrogen) atoms. The number of nitrogens with zero attached hydrogens (tertiary/aromatic N) is 1. The molecule has 1 aromatic heterocycles. The van der Waals surface area contributed by atoms with Crippen LogP contribution in [0.1, 0.15) is 12.5 Å². The van der Waals surface area contributed by atoms with Crippen molar-refractivity contribution in [2.24, 2.45) is 0 Å². The molecule has 1 unspecified atom stereocenters. The molecular weight excluding hydrogens is 140 g/mol. The molecule has 0 aromatic carbocycles. The van der Waals surface area contributed by atoms with Crippen LogP contribution in [-0.2, 0) is 11.7 Å². The predicted octanol–water partition coefficient (Wildman–Crippen LogP) is 0.948. The number of hydrogen-bond acceptors (Lipinski definition) is 2. The smallest absolute Gasteiger partial charge is 0.141 e. The second kappa shape index (κ2) is 4.05. The van der Waals surface area contributed by atoms with Gasteiger partial charge in [0.25, 0.3) is 0 Å². The summed E-state index contributed by atoms with van der Waals surface area (Å²) in [5.41, 5.74) is 1.09. The second-order valence-corrected chi connectivity index (χ2v) is 2.38. The third kappa shape index (κ3) is 3.11. The van der Waals surface area contributed by atoms with E-state index in [9.17, 15) is 5.11 Å². The Labute approximate surface area is 66.1 Å². The summed E-state index contributed by atoms with van der Waals surface area (Å²) in [7, 11) is 0. The summed E-state index contributed by atoms with van der Waals surface area (Å²) < 4.78 is 0. The Bertz CT molecular complexity index is 199. The van der Waals surface area contributed by atoms with Crippen LogP contribution < -0.4 is 5.32 Å². The topological polar surface area (TPSA) is 44.8 Å². The number of pyridine rings is 1. The SMILES string of the molecule is CC([O])NCc1ccncc1. The van der Waals surface area contributed by atoms with Gasteiger partial charge in [-0.05, 0) is 24.6 Å². The zero-order valence-corrected chi connectivity index (χ0v) is 6.45. The first-order valence-corrected chi connectivity index (χ1v) is 3.57. The van der Waals surface area contributed by atoms with Gasteiger partial charge < -0.3 is 0 Å². The van der Waals surface area contributed by atoms with Crippen molar-refractivity contribution in [3.63, 3.8) is 0 Å². The van der Waals surface area contributed by atoms with Gasteiger partial charge in [0.15, 0.2) is 0 Å². The summed E-state index contributed by atoms with van der Waals surface area (Å²) in [5, 5.41) is 13.4. The quantitative estimate of drug-likeness (QED) is 0.653. The Kier molecular flexibility index (Phi) is 3.01. The fourth-order valence-corrected chi connectivity index (χ4v) is 0.762. The average Bonchev–Trinajstić information content (AvgIpc) is 2.03. The highest BCUT2D eigenvalue weighted by Gasteiger charge is 1.95. The van der Waals surface area contributed by atoms with E-state index in [2.05, 4.69) is 10.3 Å². The maximum Gasteiger partial charge on any atom is 0.141 e. The minimum atomic E-state index is -0.705. The molecule has 0 fully saturated rings. The van der Waals surface area contributed by atoms with Crippen LogP contribution in [0.25, 0.3) is 0 Å². The van der Waals surface area contributed by atoms with Crippen molar-refractivity contribution < 1.29 is 5.11 Å². The van der Waals surface area contributed by atoms with Crippen molar-refractivity contribution in [1.29, 1.82) is 0 Å². The largest absolute Gasteiger partial charge is 0.286 e. The van der Waals surface area contributed by atoms with Crippen molar-refractivity contribution in [2.75, 3.05) is 0 Å². The first-order chi connectivity index (χ1) is 5.29. The number of aromatic nitrogens is 1. The van der Waals surface area contributed by atoms with E-state index in [1.54, 1.807) is 19.3 Å². The van der Waals surface area contributed by atoms with E-state index in [4.69, 9.17) is 0 Å². The third-order valence-electron chi connectivity index (χ3n) is 1.34. The lowest BCUT2D eigenvalue weighted by atomic mass is 10.3. The van der Waals surface area contributed by atoms with Crippen molar-refractivity contribution in [1.82, 2.24) is 10.3 Å². The van der Waals surface area contributed by atoms with Gasteiger partial charge in [0.1, 0.15) is 6.23 Å². The van der Waals surface area contributed by atoms with Crippen molar-refractivity contribution in [3.05, 3.63) is 30.1 Å². The van der Waals surface area contributed by atoms with Gasteiger partial charge in [-0.15, -0.1) is 0 Å². The molecule has 0 spiro atoms. The van der Waals surface area contributed by atoms with E-state index in [0.29, 0.717) is 6.54 Å². The average molecular weight is 151 g/mol. The molecule has 0 aliphatic rings. The Hall–Kier alpha value is -0.930. The highest BCUT2D eigenvalue weighted by Crippen LogP contribution is 1.94. The summed E-state index contributed by atoms with van der Waals surface area (Å²) in [6.07, 6.45) is 2.72. The first kappa shape index (κ1) is 8.17. The zero-order valence-electron chi connectivity index (χ0n) is 6.45. The van der Waals surface area contributed by atoms with Crippen molar-refractivity contribution in [3.8, 4) is 0 Å². The van der Waals surface area contributed by atoms with Crippen LogP contribution in [0.2, 0.25) is 0 Å². The van der Waals surface area contributed by atoms with Crippen LogP contribution in [0.5, 0.6) is 0 Å². The molecule has 0 saturated heterocycles. The highest BCUT2D eigenvalue weighted by molar-refractivity contribution is 5.08. The molecule has 59 valence electrons. The second-order valence-electron chi connectivity index (χ2n) is 2.38. The number of rotatable bonds is 3. The maximum absolute atomic E-state index is 10.6. The Balaban J connectivity index is 2.39. The lowest BCUT2D eigenvalue weighted by molar-refractivity contribution is 0.0736. The van der Waals surface area contributed by atoms with E-state index in [-0.39, 0.29) is 0 Å². The molecule has 0 bridgehead atoms. The number of nitrogens with one attached hydrogen (secondary N) is 1. The van der Waals surface area contributed by atoms with Crippen LogP contribution in [0.4, 0.5) is 0 Å². The van der Waals surface area contributed by atoms with Gasteiger partial charge in [0, 0.05) is 18.9 Å². The van der Waals surface area contributed by atoms with Crippen LogP contribution in [-0.4, -0.2) is 11.2 Å². The predicted molar refractivity (Wildman–Crippen MR) is 41.2 cm³/mol. The van der Waals surface area contributed by atoms with E-state index >= 15 is 0 Å². The Morgan fingerprint density at radius 2 is 2.18 bits per heavy atom. The summed E-state index contributed by atoms with van der Waals surface area (Å²) in [4.78, 5) is 3.87. The minimum Gasteiger partial charge on any atom is -0.286 e. The molecule has 1 N–H and O–H groups in total. The first-order valence-electron chi connectivity index (χ1n) is 3.57. The van der Waals surface area contributed by atoms with Gasteiger partial charge >= 0.3 is 0 Å². The van der Waals surface area contributed by atoms with Crippen LogP contribution in [0.15, 0.2) is 24.5 Å². The molecule has 1 aromatic rings. The van der Waals surface area contributed by atoms with Crippen LogP contribution in [0.3, 0.4) is 0 Å². The molecule has 0 saturated carbocycles. The van der Waals surface area contributed by atoms with Gasteiger partial charge in [-0.2, -0.15) is 0 Å². The van der Waals surface area contributed by atoms with Gasteiger partial charge in [0.2, 0.25) is 0 Å². The van der Waals surface area contributed by atoms with E-state index < -0.39 is 6.23 Å². The molecule has 1 radical (unpaired) electrons. The summed E-state index contributed by atoms with van der Waals surface area (Å²) in [6, 6.07) is 3.77. The van der Waals surface area contributed by atoms with E-state index in [1.165, 1.54) is 0 Å². The van der Waals surface area contributed by atoms with E-state index in [0.717, 1.165) is 5.56 Å². The molecule has 3 heteroatoms. The van der Waals surface area contributed by atoms with E-state index in [1.807, 2.05) is 12.1 Å². The molecule has 1 atom stereocenters. The van der Waals surface area contributed by atoms with Gasteiger partial charge in [-0.25, -0.2) is 5.11 Å². The molecule has 0 amide bonds. The molecule has 0 aliphatic carbocycles. The summed E-state index contributed by atoms with van der Waals surface area (Å²) in [5.74, 6) is 0. The maximum atomic E-state index is 10.6. The van der Waals surface area contributed by atoms with Gasteiger partial charge in [-0.1, -0.05) is 0 Å². The van der Waals surface area contributed by atoms with Gasteiger partial charge in [0.05, 0.1) is 0 Å². The van der Waals surface area contributed by atoms with Crippen molar-refractivity contribution >= 4 is 0 Å². The summed E-state index contributed by atoms with van der Waals surface area (Å²) in [6.45, 7) is 2.20. The molecular formula is C8H11N2O. The fraction of sp³-hybridized carbons (Fsp3) is 0.375. The minimum absolute atomic E-state index is 0.618. The van der Waals surface area contributed by atoms with Crippen LogP contribution >= 0.6 is 0 Å². The lowest BCUT2D eigenvalue weighted by Crippen LogP contribution is -2.23. The fourth-order valence-electron chi connectivity index (χ4n) is 0.762. The van der Waals surface area contributed by atoms with Gasteiger partial charge in [-0.3, -0.25) is 10.3 Å². The van der Waals surface area contributed by atoms with Crippen molar-refractivity contribution in [2.45, 2.75) is 19.7 Å². The standard InChI is InChI=1S/C8H11N2O/c1-7(11)10-6-8-2-4-9-5-3-8/h2-5,7,10H,6H2,1H3. The normalized spacial score (nSPS) is 12.9. The summed E-state index contributed by atoms with van der Waals surface area (Å²) >= 11 is 0. The number of hydrogen-bond donors (Lipinski definition) is 1. The Morgan fingerprint density at radius 1 is 1.55 bits per heavy atom. The molecule has 3 nitrogen and oxygen atoms in total. The molecule has 1 heterocycles. The zero-order chi connectivity index (χ0) is 8.10. The highest BCUT2D eigenvalue weighted by atomic mass is 16.3. The monoisotopic (exact) mass is 151 g/mol. The molecule has 1 rings (SSSR count).